The molecule has 0 unspecified atom stereocenters. The average Bonchev–Trinajstić information content (AvgIpc) is 2.96. The average molecular weight is 415 g/mol. The predicted octanol–water partition coefficient (Wildman–Crippen LogP) is 5.66. The van der Waals surface area contributed by atoms with Crippen molar-refractivity contribution in [2.24, 2.45) is 10.9 Å². The number of amides is 1. The fourth-order valence-electron chi connectivity index (χ4n) is 3.99. The molecule has 0 bridgehead atoms. The number of rotatable bonds is 2. The lowest BCUT2D eigenvalue weighted by molar-refractivity contribution is 0.0613. The number of carbonyl (C=O) groups excluding carboxylic acids is 1. The predicted molar refractivity (Wildman–Crippen MR) is 114 cm³/mol. The molecule has 3 nitrogen and oxygen atoms in total. The number of hydrogen-bond donors (Lipinski definition) is 0. The summed E-state index contributed by atoms with van der Waals surface area (Å²) in [6.07, 6.45) is 3.42. The van der Waals surface area contributed by atoms with Crippen LogP contribution in [-0.2, 0) is 0 Å². The van der Waals surface area contributed by atoms with Gasteiger partial charge < -0.3 is 0 Å². The van der Waals surface area contributed by atoms with E-state index in [9.17, 15) is 9.18 Å². The molecule has 0 radical (unpaired) electrons. The monoisotopic (exact) mass is 414 g/mol. The first-order valence-corrected chi connectivity index (χ1v) is 10.2. The van der Waals surface area contributed by atoms with Gasteiger partial charge in [0.2, 0.25) is 0 Å². The molecule has 28 heavy (non-hydrogen) atoms. The summed E-state index contributed by atoms with van der Waals surface area (Å²) in [5.74, 6) is 0.0447. The highest BCUT2D eigenvalue weighted by molar-refractivity contribution is 7.82. The van der Waals surface area contributed by atoms with Gasteiger partial charge >= 0.3 is 0 Å². The third-order valence-corrected chi connectivity index (χ3v) is 6.24. The van der Waals surface area contributed by atoms with Crippen LogP contribution in [0.4, 0.5) is 4.39 Å². The SMILES string of the molecule is CC1CCC2(CC1)N=C(c1cccc(F)c1)C(=S)N2C(=O)c1ccc(Cl)cc1. The summed E-state index contributed by atoms with van der Waals surface area (Å²) in [5.41, 5.74) is 0.948. The van der Waals surface area contributed by atoms with Gasteiger partial charge in [0.05, 0.1) is 0 Å². The number of nitrogens with zero attached hydrogens (tertiary/aromatic N) is 2. The van der Waals surface area contributed by atoms with Crippen LogP contribution in [0.3, 0.4) is 0 Å². The molecule has 6 heteroatoms. The second kappa shape index (κ2) is 7.37. The molecule has 0 N–H and O–H groups in total. The maximum atomic E-state index is 13.8. The van der Waals surface area contributed by atoms with Crippen molar-refractivity contribution >= 4 is 40.4 Å². The Balaban J connectivity index is 1.77. The highest BCUT2D eigenvalue weighted by Gasteiger charge is 2.49. The van der Waals surface area contributed by atoms with Crippen molar-refractivity contribution in [2.75, 3.05) is 0 Å². The summed E-state index contributed by atoms with van der Waals surface area (Å²) >= 11 is 11.7. The number of halogens is 2. The number of benzene rings is 2. The largest absolute Gasteiger partial charge is 0.271 e. The van der Waals surface area contributed by atoms with Gasteiger partial charge in [-0.15, -0.1) is 0 Å². The molecule has 2 aromatic carbocycles. The van der Waals surface area contributed by atoms with Crippen molar-refractivity contribution < 1.29 is 9.18 Å². The number of thiocarbonyl (C=S) groups is 1. The number of hydrogen-bond acceptors (Lipinski definition) is 3. The third kappa shape index (κ3) is 3.38. The Morgan fingerprint density at radius 1 is 1.21 bits per heavy atom. The van der Waals surface area contributed by atoms with E-state index in [1.807, 2.05) is 0 Å². The molecule has 0 atom stereocenters. The molecule has 1 heterocycles. The molecule has 1 fully saturated rings. The third-order valence-electron chi connectivity index (χ3n) is 5.61. The normalized spacial score (nSPS) is 24.5. The van der Waals surface area contributed by atoms with Crippen LogP contribution in [0.5, 0.6) is 0 Å². The van der Waals surface area contributed by atoms with Gasteiger partial charge in [0.1, 0.15) is 22.2 Å². The summed E-state index contributed by atoms with van der Waals surface area (Å²) in [4.78, 5) is 20.4. The fraction of sp³-hybridized carbons (Fsp3) is 0.318. The van der Waals surface area contributed by atoms with Crippen LogP contribution in [0.25, 0.3) is 0 Å². The molecule has 2 aromatic rings. The molecule has 1 spiro atoms. The van der Waals surface area contributed by atoms with Gasteiger partial charge in [-0.25, -0.2) is 4.39 Å². The van der Waals surface area contributed by atoms with E-state index in [4.69, 9.17) is 28.8 Å². The van der Waals surface area contributed by atoms with Crippen LogP contribution in [0.2, 0.25) is 5.02 Å². The molecule has 1 amide bonds. The Bertz CT molecular complexity index is 965. The van der Waals surface area contributed by atoms with Gasteiger partial charge in [-0.2, -0.15) is 0 Å². The van der Waals surface area contributed by atoms with Crippen LogP contribution in [-0.4, -0.2) is 27.2 Å². The zero-order chi connectivity index (χ0) is 19.9. The number of carbonyl (C=O) groups is 1. The molecule has 4 rings (SSSR count). The maximum absolute atomic E-state index is 13.8. The second-order valence-corrected chi connectivity index (χ2v) is 8.41. The van der Waals surface area contributed by atoms with E-state index in [0.717, 1.165) is 25.7 Å². The summed E-state index contributed by atoms with van der Waals surface area (Å²) in [6, 6.07) is 13.0. The van der Waals surface area contributed by atoms with Gasteiger partial charge in [0, 0.05) is 16.1 Å². The molecule has 1 aliphatic carbocycles. The standard InChI is InChI=1S/C22H20ClFN2OS/c1-14-9-11-22(12-10-14)25-19(16-3-2-4-18(24)13-16)21(28)26(22)20(27)15-5-7-17(23)8-6-15/h2-8,13-14H,9-12H2,1H3. The number of aliphatic imine (C=N–C) groups is 1. The molecule has 2 aliphatic rings. The Labute approximate surface area is 174 Å². The Morgan fingerprint density at radius 3 is 2.54 bits per heavy atom. The van der Waals surface area contributed by atoms with Crippen LogP contribution in [0.15, 0.2) is 53.5 Å². The second-order valence-electron chi connectivity index (χ2n) is 7.59. The Morgan fingerprint density at radius 2 is 1.89 bits per heavy atom. The zero-order valence-electron chi connectivity index (χ0n) is 15.5. The van der Waals surface area contributed by atoms with Crippen LogP contribution < -0.4 is 0 Å². The van der Waals surface area contributed by atoms with Gasteiger partial charge in [-0.1, -0.05) is 42.9 Å². The maximum Gasteiger partial charge on any atom is 0.260 e. The zero-order valence-corrected chi connectivity index (χ0v) is 17.1. The van der Waals surface area contributed by atoms with E-state index in [0.29, 0.717) is 32.8 Å². The molecular formula is C22H20ClFN2OS. The van der Waals surface area contributed by atoms with Crippen molar-refractivity contribution in [2.45, 2.75) is 38.3 Å². The lowest BCUT2D eigenvalue weighted by Crippen LogP contribution is -2.51. The molecule has 144 valence electrons. The van der Waals surface area contributed by atoms with E-state index in [1.165, 1.54) is 12.1 Å². The Hall–Kier alpha value is -2.11. The van der Waals surface area contributed by atoms with Crippen LogP contribution >= 0.6 is 23.8 Å². The quantitative estimate of drug-likeness (QED) is 0.594. The minimum atomic E-state index is -0.692. The first-order chi connectivity index (χ1) is 13.4. The van der Waals surface area contributed by atoms with Crippen LogP contribution in [0, 0.1) is 11.7 Å². The smallest absolute Gasteiger partial charge is 0.260 e. The Kier molecular flexibility index (Phi) is 5.06. The van der Waals surface area contributed by atoms with Gasteiger partial charge in [0.15, 0.2) is 0 Å². The van der Waals surface area contributed by atoms with Gasteiger partial charge in [-0.3, -0.25) is 14.7 Å². The molecular weight excluding hydrogens is 395 g/mol. The minimum Gasteiger partial charge on any atom is -0.271 e. The summed E-state index contributed by atoms with van der Waals surface area (Å²) in [5, 5.41) is 0.568. The van der Waals surface area contributed by atoms with Gasteiger partial charge in [0.25, 0.3) is 5.91 Å². The molecule has 0 saturated heterocycles. The van der Waals surface area contributed by atoms with Crippen molar-refractivity contribution in [3.63, 3.8) is 0 Å². The van der Waals surface area contributed by atoms with E-state index in [-0.39, 0.29) is 11.7 Å². The highest BCUT2D eigenvalue weighted by atomic mass is 35.5. The minimum absolute atomic E-state index is 0.189. The first kappa shape index (κ1) is 19.2. The van der Waals surface area contributed by atoms with Crippen molar-refractivity contribution in [1.82, 2.24) is 4.90 Å². The van der Waals surface area contributed by atoms with E-state index < -0.39 is 5.66 Å². The van der Waals surface area contributed by atoms with E-state index >= 15 is 0 Å². The molecule has 1 aliphatic heterocycles. The summed E-state index contributed by atoms with van der Waals surface area (Å²) in [7, 11) is 0. The van der Waals surface area contributed by atoms with Gasteiger partial charge in [-0.05, 0) is 68.0 Å². The van der Waals surface area contributed by atoms with Crippen LogP contribution in [0.1, 0.15) is 48.5 Å². The van der Waals surface area contributed by atoms with E-state index in [2.05, 4.69) is 6.92 Å². The van der Waals surface area contributed by atoms with Crippen molar-refractivity contribution in [3.8, 4) is 0 Å². The van der Waals surface area contributed by atoms with E-state index in [1.54, 1.807) is 41.3 Å². The summed E-state index contributed by atoms with van der Waals surface area (Å²) in [6.45, 7) is 2.21. The summed E-state index contributed by atoms with van der Waals surface area (Å²) < 4.78 is 13.8. The van der Waals surface area contributed by atoms with Crippen molar-refractivity contribution in [1.29, 1.82) is 0 Å². The van der Waals surface area contributed by atoms with Crippen molar-refractivity contribution in [3.05, 3.63) is 70.5 Å². The fourth-order valence-corrected chi connectivity index (χ4v) is 4.53. The molecule has 1 saturated carbocycles. The first-order valence-electron chi connectivity index (χ1n) is 9.40. The molecule has 0 aromatic heterocycles. The topological polar surface area (TPSA) is 32.7 Å². The lowest BCUT2D eigenvalue weighted by Gasteiger charge is -2.40. The highest BCUT2D eigenvalue weighted by Crippen LogP contribution is 2.42. The lowest BCUT2D eigenvalue weighted by atomic mass is 9.82.